The van der Waals surface area contributed by atoms with Gasteiger partial charge in [0.25, 0.3) is 0 Å². The minimum absolute atomic E-state index is 0.197. The Morgan fingerprint density at radius 3 is 2.59 bits per heavy atom. The molecule has 0 bridgehead atoms. The third-order valence-electron chi connectivity index (χ3n) is 3.52. The number of halogens is 1. The molecule has 1 saturated heterocycles. The van der Waals surface area contributed by atoms with Crippen LogP contribution < -0.4 is 9.47 Å². The molecular weight excluding hydrogens is 326 g/mol. The highest BCUT2D eigenvalue weighted by molar-refractivity contribution is 7.91. The third-order valence-corrected chi connectivity index (χ3v) is 5.48. The number of hydrogen-bond donors (Lipinski definition) is 0. The van der Waals surface area contributed by atoms with Crippen molar-refractivity contribution in [3.05, 3.63) is 35.4 Å². The Hall–Kier alpha value is -1.24. The van der Waals surface area contributed by atoms with Gasteiger partial charge in [-0.15, -0.1) is 0 Å². The monoisotopic (exact) mass is 345 g/mol. The van der Waals surface area contributed by atoms with Gasteiger partial charge in [0, 0.05) is 30.7 Å². The number of rotatable bonds is 6. The van der Waals surface area contributed by atoms with E-state index in [0.717, 1.165) is 5.56 Å². The van der Waals surface area contributed by atoms with E-state index < -0.39 is 9.84 Å². The zero-order valence-corrected chi connectivity index (χ0v) is 14.1. The minimum Gasteiger partial charge on any atom is -0.493 e. The van der Waals surface area contributed by atoms with E-state index in [1.54, 1.807) is 19.3 Å². The van der Waals surface area contributed by atoms with Gasteiger partial charge in [0.15, 0.2) is 21.3 Å². The fraction of sp³-hybridized carbons (Fsp3) is 0.467. The van der Waals surface area contributed by atoms with E-state index >= 15 is 0 Å². The van der Waals surface area contributed by atoms with Crippen molar-refractivity contribution >= 4 is 21.4 Å². The fourth-order valence-electron chi connectivity index (χ4n) is 2.27. The molecule has 0 radical (unpaired) electrons. The van der Waals surface area contributed by atoms with Crippen LogP contribution in [0.5, 0.6) is 11.5 Å². The Balaban J connectivity index is 2.12. The van der Waals surface area contributed by atoms with Gasteiger partial charge < -0.3 is 9.47 Å². The summed E-state index contributed by atoms with van der Waals surface area (Å²) in [6.07, 6.45) is 1.65. The SMILES string of the molecule is C=CCOc1cc(Cl)c(CN2CCS(=O)(=O)CC2)cc1OC. The van der Waals surface area contributed by atoms with Gasteiger partial charge >= 0.3 is 0 Å². The number of nitrogens with zero attached hydrogens (tertiary/aromatic N) is 1. The lowest BCUT2D eigenvalue weighted by Gasteiger charge is -2.27. The van der Waals surface area contributed by atoms with Crippen LogP contribution in [0.25, 0.3) is 0 Å². The molecule has 5 nitrogen and oxygen atoms in total. The highest BCUT2D eigenvalue weighted by Crippen LogP contribution is 2.34. The molecule has 1 aliphatic heterocycles. The first-order valence-electron chi connectivity index (χ1n) is 6.98. The number of methoxy groups -OCH3 is 1. The molecule has 1 aromatic carbocycles. The van der Waals surface area contributed by atoms with Gasteiger partial charge in [-0.1, -0.05) is 24.3 Å². The second-order valence-corrected chi connectivity index (χ2v) is 7.83. The first kappa shape index (κ1) is 17.1. The summed E-state index contributed by atoms with van der Waals surface area (Å²) in [7, 11) is -1.31. The second kappa shape index (κ2) is 7.35. The van der Waals surface area contributed by atoms with Gasteiger partial charge in [-0.25, -0.2) is 8.42 Å². The van der Waals surface area contributed by atoms with E-state index in [2.05, 4.69) is 11.5 Å². The van der Waals surface area contributed by atoms with Crippen LogP contribution in [0.3, 0.4) is 0 Å². The number of hydrogen-bond acceptors (Lipinski definition) is 5. The van der Waals surface area contributed by atoms with Gasteiger partial charge in [0.2, 0.25) is 0 Å². The largest absolute Gasteiger partial charge is 0.493 e. The molecule has 1 heterocycles. The van der Waals surface area contributed by atoms with Crippen molar-refractivity contribution in [1.82, 2.24) is 4.90 Å². The van der Waals surface area contributed by atoms with Gasteiger partial charge in [-0.05, 0) is 11.6 Å². The summed E-state index contributed by atoms with van der Waals surface area (Å²) < 4.78 is 33.8. The zero-order chi connectivity index (χ0) is 16.2. The maximum absolute atomic E-state index is 11.5. The Morgan fingerprint density at radius 2 is 2.00 bits per heavy atom. The molecule has 7 heteroatoms. The molecule has 0 amide bonds. The summed E-state index contributed by atoms with van der Waals surface area (Å²) in [6, 6.07) is 3.56. The molecule has 0 N–H and O–H groups in total. The van der Waals surface area contributed by atoms with Crippen molar-refractivity contribution in [3.8, 4) is 11.5 Å². The predicted molar refractivity (Wildman–Crippen MR) is 87.6 cm³/mol. The first-order valence-corrected chi connectivity index (χ1v) is 9.18. The molecule has 1 fully saturated rings. The van der Waals surface area contributed by atoms with Crippen molar-refractivity contribution in [1.29, 1.82) is 0 Å². The molecule has 0 aliphatic carbocycles. The van der Waals surface area contributed by atoms with Crippen LogP contribution in [0.15, 0.2) is 24.8 Å². The average molecular weight is 346 g/mol. The lowest BCUT2D eigenvalue weighted by molar-refractivity contribution is 0.286. The van der Waals surface area contributed by atoms with Crippen LogP contribution in [-0.2, 0) is 16.4 Å². The van der Waals surface area contributed by atoms with Crippen LogP contribution >= 0.6 is 11.6 Å². The van der Waals surface area contributed by atoms with Crippen molar-refractivity contribution < 1.29 is 17.9 Å². The van der Waals surface area contributed by atoms with Gasteiger partial charge in [-0.2, -0.15) is 0 Å². The number of ether oxygens (including phenoxy) is 2. The van der Waals surface area contributed by atoms with Gasteiger partial charge in [0.1, 0.15) is 6.61 Å². The van der Waals surface area contributed by atoms with Gasteiger partial charge in [-0.3, -0.25) is 4.90 Å². The standard InChI is InChI=1S/C15H20ClNO4S/c1-3-6-21-15-10-13(16)12(9-14(15)20-2)11-17-4-7-22(18,19)8-5-17/h3,9-10H,1,4-8,11H2,2H3. The Morgan fingerprint density at radius 1 is 1.32 bits per heavy atom. The normalized spacial score (nSPS) is 17.9. The fourth-order valence-corrected chi connectivity index (χ4v) is 3.76. The minimum atomic E-state index is -2.88. The highest BCUT2D eigenvalue weighted by atomic mass is 35.5. The van der Waals surface area contributed by atoms with E-state index in [1.807, 2.05) is 6.07 Å². The maximum atomic E-state index is 11.5. The van der Waals surface area contributed by atoms with Crippen LogP contribution in [0, 0.1) is 0 Å². The van der Waals surface area contributed by atoms with E-state index in [9.17, 15) is 8.42 Å². The molecule has 0 unspecified atom stereocenters. The lowest BCUT2D eigenvalue weighted by atomic mass is 10.2. The van der Waals surface area contributed by atoms with Crippen molar-refractivity contribution in [2.24, 2.45) is 0 Å². The molecule has 1 aromatic rings. The summed E-state index contributed by atoms with van der Waals surface area (Å²) in [6.45, 7) is 5.61. The average Bonchev–Trinajstić information content (AvgIpc) is 2.49. The summed E-state index contributed by atoms with van der Waals surface area (Å²) in [5.41, 5.74) is 0.892. The predicted octanol–water partition coefficient (Wildman–Crippen LogP) is 2.14. The zero-order valence-electron chi connectivity index (χ0n) is 12.5. The molecule has 0 saturated carbocycles. The van der Waals surface area contributed by atoms with E-state index in [4.69, 9.17) is 21.1 Å². The number of benzene rings is 1. The van der Waals surface area contributed by atoms with E-state index in [1.165, 1.54) is 0 Å². The maximum Gasteiger partial charge on any atom is 0.163 e. The van der Waals surface area contributed by atoms with Crippen LogP contribution in [0.2, 0.25) is 5.02 Å². The topological polar surface area (TPSA) is 55.8 Å². The van der Waals surface area contributed by atoms with E-state index in [0.29, 0.717) is 42.8 Å². The summed E-state index contributed by atoms with van der Waals surface area (Å²) in [5, 5.41) is 0.577. The third kappa shape index (κ3) is 4.38. The lowest BCUT2D eigenvalue weighted by Crippen LogP contribution is -2.39. The smallest absolute Gasteiger partial charge is 0.163 e. The van der Waals surface area contributed by atoms with Crippen molar-refractivity contribution in [2.75, 3.05) is 38.3 Å². The summed E-state index contributed by atoms with van der Waals surface area (Å²) in [5.74, 6) is 1.56. The van der Waals surface area contributed by atoms with Crippen molar-refractivity contribution in [3.63, 3.8) is 0 Å². The molecule has 0 atom stereocenters. The molecule has 0 aromatic heterocycles. The van der Waals surface area contributed by atoms with Crippen LogP contribution in [0.4, 0.5) is 0 Å². The Bertz CT molecular complexity index is 631. The van der Waals surface area contributed by atoms with Gasteiger partial charge in [0.05, 0.1) is 18.6 Å². The van der Waals surface area contributed by atoms with Crippen LogP contribution in [0.1, 0.15) is 5.56 Å². The summed E-state index contributed by atoms with van der Waals surface area (Å²) in [4.78, 5) is 2.08. The Kier molecular flexibility index (Phi) is 5.72. The molecule has 122 valence electrons. The molecule has 22 heavy (non-hydrogen) atoms. The number of sulfone groups is 1. The van der Waals surface area contributed by atoms with E-state index in [-0.39, 0.29) is 11.5 Å². The summed E-state index contributed by atoms with van der Waals surface area (Å²) >= 11 is 6.31. The quantitative estimate of drug-likeness (QED) is 0.739. The first-order chi connectivity index (χ1) is 10.4. The second-order valence-electron chi connectivity index (χ2n) is 5.12. The molecular formula is C15H20ClNO4S. The highest BCUT2D eigenvalue weighted by Gasteiger charge is 2.22. The van der Waals surface area contributed by atoms with Crippen molar-refractivity contribution in [2.45, 2.75) is 6.54 Å². The Labute approximate surface area is 136 Å². The molecule has 0 spiro atoms. The molecule has 1 aliphatic rings. The molecule has 2 rings (SSSR count). The van der Waals surface area contributed by atoms with Crippen LogP contribution in [-0.4, -0.2) is 51.6 Å².